The van der Waals surface area contributed by atoms with Crippen LogP contribution in [-0.4, -0.2) is 29.5 Å². The van der Waals surface area contributed by atoms with Gasteiger partial charge in [0.2, 0.25) is 0 Å². The molecule has 0 bridgehead atoms. The van der Waals surface area contributed by atoms with Gasteiger partial charge in [-0.05, 0) is 31.8 Å². The van der Waals surface area contributed by atoms with Gasteiger partial charge in [0, 0.05) is 18.5 Å². The Morgan fingerprint density at radius 1 is 1.62 bits per heavy atom. The first-order valence-electron chi connectivity index (χ1n) is 5.45. The lowest BCUT2D eigenvalue weighted by Gasteiger charge is -2.22. The Morgan fingerprint density at radius 3 is 2.88 bits per heavy atom. The van der Waals surface area contributed by atoms with E-state index in [1.165, 1.54) is 12.1 Å². The second kappa shape index (κ2) is 5.45. The van der Waals surface area contributed by atoms with Gasteiger partial charge in [-0.25, -0.2) is 4.98 Å². The van der Waals surface area contributed by atoms with Crippen molar-refractivity contribution < 1.29 is 0 Å². The van der Waals surface area contributed by atoms with Crippen molar-refractivity contribution >= 4 is 23.7 Å². The molecule has 0 aromatic carbocycles. The molecule has 2 N–H and O–H groups in total. The topological polar surface area (TPSA) is 42.2 Å². The van der Waals surface area contributed by atoms with Crippen LogP contribution in [0.15, 0.2) is 5.38 Å². The van der Waals surface area contributed by atoms with Crippen LogP contribution in [0.4, 0.5) is 0 Å². The Bertz CT molecular complexity index is 342. The largest absolute Gasteiger partial charge is 0.330 e. The van der Waals surface area contributed by atoms with Crippen molar-refractivity contribution in [2.75, 3.05) is 19.6 Å². The molecule has 1 aliphatic heterocycles. The number of aromatic nitrogens is 1. The van der Waals surface area contributed by atoms with Gasteiger partial charge in [0.05, 0.1) is 10.7 Å². The Kier molecular flexibility index (Phi) is 4.73. The molecule has 2 heterocycles. The lowest BCUT2D eigenvalue weighted by molar-refractivity contribution is 0.272. The highest BCUT2D eigenvalue weighted by Gasteiger charge is 2.32. The van der Waals surface area contributed by atoms with Crippen LogP contribution < -0.4 is 5.73 Å². The molecule has 16 heavy (non-hydrogen) atoms. The fraction of sp³-hybridized carbons (Fsp3) is 0.727. The standard InChI is InChI=1S/C11H19N3S.ClH/c1-9-13-10(6-15-9)5-14-4-3-11(2,7-12)8-14;/h6H,3-5,7-8,12H2,1-2H3;1H. The van der Waals surface area contributed by atoms with E-state index in [1.54, 1.807) is 11.3 Å². The van der Waals surface area contributed by atoms with Crippen LogP contribution in [0, 0.1) is 12.3 Å². The Balaban J connectivity index is 0.00000128. The van der Waals surface area contributed by atoms with Crippen LogP contribution >= 0.6 is 23.7 Å². The van der Waals surface area contributed by atoms with Gasteiger partial charge in [0.25, 0.3) is 0 Å². The fourth-order valence-corrected chi connectivity index (χ4v) is 2.74. The molecule has 2 rings (SSSR count). The van der Waals surface area contributed by atoms with Crippen molar-refractivity contribution in [1.29, 1.82) is 0 Å². The molecule has 1 saturated heterocycles. The lowest BCUT2D eigenvalue weighted by Crippen LogP contribution is -2.31. The van der Waals surface area contributed by atoms with Crippen LogP contribution in [0.3, 0.4) is 0 Å². The van der Waals surface area contributed by atoms with E-state index in [0.29, 0.717) is 5.41 Å². The first-order chi connectivity index (χ1) is 7.11. The third-order valence-electron chi connectivity index (χ3n) is 3.18. The summed E-state index contributed by atoms with van der Waals surface area (Å²) in [7, 11) is 0. The minimum atomic E-state index is 0. The minimum absolute atomic E-state index is 0. The molecule has 0 aliphatic carbocycles. The van der Waals surface area contributed by atoms with E-state index >= 15 is 0 Å². The molecular weight excluding hydrogens is 242 g/mol. The van der Waals surface area contributed by atoms with E-state index < -0.39 is 0 Å². The Morgan fingerprint density at radius 2 is 2.38 bits per heavy atom. The van der Waals surface area contributed by atoms with Gasteiger partial charge >= 0.3 is 0 Å². The van der Waals surface area contributed by atoms with E-state index in [-0.39, 0.29) is 12.4 Å². The molecule has 1 aliphatic rings. The minimum Gasteiger partial charge on any atom is -0.330 e. The third-order valence-corrected chi connectivity index (χ3v) is 4.00. The first-order valence-corrected chi connectivity index (χ1v) is 6.33. The smallest absolute Gasteiger partial charge is 0.0897 e. The first kappa shape index (κ1) is 13.9. The maximum atomic E-state index is 5.79. The second-order valence-electron chi connectivity index (χ2n) is 4.83. The molecule has 92 valence electrons. The van der Waals surface area contributed by atoms with Gasteiger partial charge in [0.15, 0.2) is 0 Å². The zero-order valence-electron chi connectivity index (χ0n) is 9.90. The average molecular weight is 262 g/mol. The molecule has 1 atom stereocenters. The number of thiazole rings is 1. The van der Waals surface area contributed by atoms with E-state index in [9.17, 15) is 0 Å². The zero-order valence-corrected chi connectivity index (χ0v) is 11.5. The molecule has 0 spiro atoms. The molecular formula is C11H20ClN3S. The highest BCUT2D eigenvalue weighted by Crippen LogP contribution is 2.29. The Hall–Kier alpha value is -0.160. The number of rotatable bonds is 3. The maximum Gasteiger partial charge on any atom is 0.0897 e. The van der Waals surface area contributed by atoms with Gasteiger partial charge in [-0.1, -0.05) is 6.92 Å². The third kappa shape index (κ3) is 3.17. The van der Waals surface area contributed by atoms with Crippen LogP contribution in [0.1, 0.15) is 24.0 Å². The van der Waals surface area contributed by atoms with Gasteiger partial charge in [-0.3, -0.25) is 4.90 Å². The van der Waals surface area contributed by atoms with E-state index in [2.05, 4.69) is 29.1 Å². The van der Waals surface area contributed by atoms with Crippen LogP contribution in [0.2, 0.25) is 0 Å². The van der Waals surface area contributed by atoms with Crippen LogP contribution in [0.25, 0.3) is 0 Å². The summed E-state index contributed by atoms with van der Waals surface area (Å²) in [6, 6.07) is 0. The summed E-state index contributed by atoms with van der Waals surface area (Å²) < 4.78 is 0. The van der Waals surface area contributed by atoms with Crippen molar-refractivity contribution in [2.45, 2.75) is 26.8 Å². The normalized spacial score (nSPS) is 25.7. The van der Waals surface area contributed by atoms with Crippen LogP contribution in [0.5, 0.6) is 0 Å². The van der Waals surface area contributed by atoms with Gasteiger partial charge in [0.1, 0.15) is 0 Å². The lowest BCUT2D eigenvalue weighted by atomic mass is 9.90. The summed E-state index contributed by atoms with van der Waals surface area (Å²) >= 11 is 1.73. The van der Waals surface area contributed by atoms with Gasteiger partial charge < -0.3 is 5.73 Å². The molecule has 1 aromatic heterocycles. The molecule has 0 saturated carbocycles. The average Bonchev–Trinajstić information content (AvgIpc) is 2.76. The molecule has 1 unspecified atom stereocenters. The van der Waals surface area contributed by atoms with Gasteiger partial charge in [-0.2, -0.15) is 0 Å². The predicted octanol–water partition coefficient (Wildman–Crippen LogP) is 2.04. The predicted molar refractivity (Wildman–Crippen MR) is 71.2 cm³/mol. The maximum absolute atomic E-state index is 5.79. The summed E-state index contributed by atoms with van der Waals surface area (Å²) in [4.78, 5) is 6.95. The van der Waals surface area contributed by atoms with Crippen molar-refractivity contribution in [1.82, 2.24) is 9.88 Å². The number of likely N-dealkylation sites (tertiary alicyclic amines) is 1. The summed E-state index contributed by atoms with van der Waals surface area (Å²) in [6.07, 6.45) is 1.21. The number of hydrogen-bond donors (Lipinski definition) is 1. The summed E-state index contributed by atoms with van der Waals surface area (Å²) in [5.41, 5.74) is 7.32. The number of nitrogens with zero attached hydrogens (tertiary/aromatic N) is 2. The zero-order chi connectivity index (χ0) is 10.9. The number of nitrogens with two attached hydrogens (primary N) is 1. The molecule has 1 aromatic rings. The van der Waals surface area contributed by atoms with Crippen molar-refractivity contribution in [2.24, 2.45) is 11.1 Å². The number of halogens is 1. The Labute approximate surface area is 107 Å². The fourth-order valence-electron chi connectivity index (χ4n) is 2.14. The monoisotopic (exact) mass is 261 g/mol. The van der Waals surface area contributed by atoms with Crippen molar-refractivity contribution in [3.05, 3.63) is 16.1 Å². The van der Waals surface area contributed by atoms with E-state index in [4.69, 9.17) is 5.73 Å². The quantitative estimate of drug-likeness (QED) is 0.906. The summed E-state index contributed by atoms with van der Waals surface area (Å²) in [5, 5.41) is 3.32. The van der Waals surface area contributed by atoms with E-state index in [1.807, 2.05) is 0 Å². The van der Waals surface area contributed by atoms with Crippen LogP contribution in [-0.2, 0) is 6.54 Å². The molecule has 0 amide bonds. The van der Waals surface area contributed by atoms with E-state index in [0.717, 1.165) is 31.2 Å². The molecule has 5 heteroatoms. The summed E-state index contributed by atoms with van der Waals surface area (Å²) in [5.74, 6) is 0. The molecule has 3 nitrogen and oxygen atoms in total. The molecule has 1 fully saturated rings. The SMILES string of the molecule is Cc1nc(CN2CCC(C)(CN)C2)cs1.Cl. The molecule has 0 radical (unpaired) electrons. The highest BCUT2D eigenvalue weighted by molar-refractivity contribution is 7.09. The summed E-state index contributed by atoms with van der Waals surface area (Å²) in [6.45, 7) is 8.38. The highest BCUT2D eigenvalue weighted by atomic mass is 35.5. The number of hydrogen-bond acceptors (Lipinski definition) is 4. The van der Waals surface area contributed by atoms with Crippen molar-refractivity contribution in [3.8, 4) is 0 Å². The van der Waals surface area contributed by atoms with Gasteiger partial charge in [-0.15, -0.1) is 23.7 Å². The number of aryl methyl sites for hydroxylation is 1. The van der Waals surface area contributed by atoms with Crippen molar-refractivity contribution in [3.63, 3.8) is 0 Å². The second-order valence-corrected chi connectivity index (χ2v) is 5.90.